The monoisotopic (exact) mass is 579 g/mol. The van der Waals surface area contributed by atoms with Crippen molar-refractivity contribution in [3.63, 3.8) is 0 Å². The molecule has 1 aliphatic rings. The van der Waals surface area contributed by atoms with Gasteiger partial charge in [-0.25, -0.2) is 0 Å². The summed E-state index contributed by atoms with van der Waals surface area (Å²) in [6.45, 7) is 1.24. The highest BCUT2D eigenvalue weighted by Gasteiger charge is 2.32. The van der Waals surface area contributed by atoms with E-state index < -0.39 is 12.6 Å². The highest BCUT2D eigenvalue weighted by atomic mass is 19.4. The first-order valence-electron chi connectivity index (χ1n) is 14.0. The number of aromatic nitrogens is 1. The number of amides is 1. The number of likely N-dealkylation sites (tertiary alicyclic amines) is 1. The molecule has 0 atom stereocenters. The molecule has 42 heavy (non-hydrogen) atoms. The van der Waals surface area contributed by atoms with Gasteiger partial charge in [0.05, 0.1) is 32.8 Å². The number of halogens is 3. The molecule has 0 aliphatic carbocycles. The zero-order chi connectivity index (χ0) is 30.0. The Morgan fingerprint density at radius 2 is 1.64 bits per heavy atom. The van der Waals surface area contributed by atoms with Crippen LogP contribution >= 0.6 is 0 Å². The molecular formula is C33H36F3N3O3. The predicted octanol–water partition coefficient (Wildman–Crippen LogP) is 6.97. The second kappa shape index (κ2) is 12.0. The molecule has 5 rings (SSSR count). The van der Waals surface area contributed by atoms with E-state index in [1.165, 1.54) is 14.2 Å². The fraction of sp³-hybridized carbons (Fsp3) is 0.364. The summed E-state index contributed by atoms with van der Waals surface area (Å²) in [7, 11) is 6.97. The number of nitrogens with one attached hydrogen (secondary N) is 1. The number of anilines is 1. The Morgan fingerprint density at radius 1 is 0.952 bits per heavy atom. The van der Waals surface area contributed by atoms with Gasteiger partial charge in [-0.2, -0.15) is 13.2 Å². The average Bonchev–Trinajstić information content (AvgIpc) is 3.33. The van der Waals surface area contributed by atoms with Crippen molar-refractivity contribution >= 4 is 22.5 Å². The second-order valence-electron chi connectivity index (χ2n) is 11.0. The van der Waals surface area contributed by atoms with E-state index in [0.717, 1.165) is 29.7 Å². The van der Waals surface area contributed by atoms with Crippen molar-refractivity contribution in [3.05, 3.63) is 77.4 Å². The number of nitrogens with zero attached hydrogens (tertiary/aromatic N) is 2. The van der Waals surface area contributed by atoms with Crippen LogP contribution in [0.15, 0.2) is 60.7 Å². The normalized spacial score (nSPS) is 14.3. The van der Waals surface area contributed by atoms with Crippen molar-refractivity contribution in [2.75, 3.05) is 46.3 Å². The van der Waals surface area contributed by atoms with Gasteiger partial charge in [0.25, 0.3) is 0 Å². The van der Waals surface area contributed by atoms with Gasteiger partial charge in [0.2, 0.25) is 5.91 Å². The summed E-state index contributed by atoms with van der Waals surface area (Å²) in [6, 6.07) is 18.9. The fourth-order valence-corrected chi connectivity index (χ4v) is 5.80. The Labute approximate surface area is 244 Å². The Bertz CT molecular complexity index is 1550. The molecule has 2 heterocycles. The number of hydrogen-bond donors (Lipinski definition) is 1. The van der Waals surface area contributed by atoms with Crippen LogP contribution in [0.5, 0.6) is 11.5 Å². The Hall–Kier alpha value is -4.14. The molecule has 3 aromatic carbocycles. The number of aromatic amines is 1. The molecule has 1 aliphatic heterocycles. The van der Waals surface area contributed by atoms with Crippen LogP contribution in [-0.2, 0) is 17.6 Å². The van der Waals surface area contributed by atoms with Gasteiger partial charge in [-0.05, 0) is 77.9 Å². The maximum atomic E-state index is 13.8. The van der Waals surface area contributed by atoms with E-state index in [0.29, 0.717) is 53.2 Å². The maximum absolute atomic E-state index is 13.8. The number of methoxy groups -OCH3 is 2. The van der Waals surface area contributed by atoms with Gasteiger partial charge in [-0.3, -0.25) is 4.79 Å². The molecule has 1 fully saturated rings. The standard InChI is InChI=1S/C33H36F3N3O3/c1-38(2)25-9-5-21(6-10-25)17-31(40)39-15-13-22(14-16-39)23-7-11-28-26(18-23)27(20-33(34,35)36)32(37-28)24-8-12-29(41-3)30(19-24)42-4/h5-12,18-19,22,37H,13-17,20H2,1-4H3. The first-order chi connectivity index (χ1) is 20.1. The van der Waals surface area contributed by atoms with Crippen LogP contribution in [0.2, 0.25) is 0 Å². The van der Waals surface area contributed by atoms with Crippen molar-refractivity contribution in [2.45, 2.75) is 37.8 Å². The summed E-state index contributed by atoms with van der Waals surface area (Å²) in [5.41, 5.74) is 4.92. The van der Waals surface area contributed by atoms with Crippen molar-refractivity contribution in [1.29, 1.82) is 0 Å². The molecule has 6 nitrogen and oxygen atoms in total. The summed E-state index contributed by atoms with van der Waals surface area (Å²) >= 11 is 0. The highest BCUT2D eigenvalue weighted by molar-refractivity contribution is 5.92. The average molecular weight is 580 g/mol. The third-order valence-corrected chi connectivity index (χ3v) is 8.11. The molecule has 1 saturated heterocycles. The van der Waals surface area contributed by atoms with E-state index in [-0.39, 0.29) is 17.4 Å². The molecule has 9 heteroatoms. The molecule has 0 bridgehead atoms. The lowest BCUT2D eigenvalue weighted by atomic mass is 9.88. The third kappa shape index (κ3) is 6.35. The second-order valence-corrected chi connectivity index (χ2v) is 11.0. The lowest BCUT2D eigenvalue weighted by molar-refractivity contribution is -0.131. The van der Waals surface area contributed by atoms with Crippen LogP contribution in [0.1, 0.15) is 35.4 Å². The Kier molecular flexibility index (Phi) is 8.38. The molecule has 1 N–H and O–H groups in total. The van der Waals surface area contributed by atoms with Crippen LogP contribution in [0.4, 0.5) is 18.9 Å². The topological polar surface area (TPSA) is 57.8 Å². The van der Waals surface area contributed by atoms with Gasteiger partial charge in [-0.1, -0.05) is 18.2 Å². The van der Waals surface area contributed by atoms with Crippen LogP contribution in [0.25, 0.3) is 22.2 Å². The first kappa shape index (κ1) is 29.4. The first-order valence-corrected chi connectivity index (χ1v) is 14.0. The zero-order valence-corrected chi connectivity index (χ0v) is 24.3. The van der Waals surface area contributed by atoms with E-state index in [1.54, 1.807) is 18.2 Å². The highest BCUT2D eigenvalue weighted by Crippen LogP contribution is 2.40. The molecule has 0 unspecified atom stereocenters. The van der Waals surface area contributed by atoms with Crippen LogP contribution in [0, 0.1) is 0 Å². The SMILES string of the molecule is COc1ccc(-c2[nH]c3ccc(C4CCN(C(=O)Cc5ccc(N(C)C)cc5)CC4)cc3c2CC(F)(F)F)cc1OC. The predicted molar refractivity (Wildman–Crippen MR) is 160 cm³/mol. The van der Waals surface area contributed by atoms with E-state index >= 15 is 0 Å². The molecule has 0 saturated carbocycles. The number of hydrogen-bond acceptors (Lipinski definition) is 4. The quantitative estimate of drug-likeness (QED) is 0.245. The van der Waals surface area contributed by atoms with E-state index in [1.807, 2.05) is 66.4 Å². The minimum atomic E-state index is -4.38. The van der Waals surface area contributed by atoms with E-state index in [4.69, 9.17) is 9.47 Å². The summed E-state index contributed by atoms with van der Waals surface area (Å²) in [5, 5.41) is 0.564. The number of rotatable bonds is 8. The van der Waals surface area contributed by atoms with Crippen molar-refractivity contribution in [1.82, 2.24) is 9.88 Å². The molecule has 0 spiro atoms. The molecule has 1 aromatic heterocycles. The minimum Gasteiger partial charge on any atom is -0.493 e. The van der Waals surface area contributed by atoms with Crippen molar-refractivity contribution < 1.29 is 27.4 Å². The minimum absolute atomic E-state index is 0.0964. The van der Waals surface area contributed by atoms with Gasteiger partial charge in [0, 0.05) is 49.3 Å². The van der Waals surface area contributed by atoms with Gasteiger partial charge in [0.1, 0.15) is 0 Å². The summed E-state index contributed by atoms with van der Waals surface area (Å²) in [5.74, 6) is 1.21. The molecular weight excluding hydrogens is 543 g/mol. The Balaban J connectivity index is 1.35. The van der Waals surface area contributed by atoms with Crippen LogP contribution in [-0.4, -0.2) is 63.4 Å². The number of ether oxygens (including phenoxy) is 2. The number of piperidine rings is 1. The molecule has 0 radical (unpaired) electrons. The van der Waals surface area contributed by atoms with E-state index in [2.05, 4.69) is 4.98 Å². The number of benzene rings is 3. The van der Waals surface area contributed by atoms with Crippen molar-refractivity contribution in [3.8, 4) is 22.8 Å². The number of carbonyl (C=O) groups is 1. The molecule has 1 amide bonds. The van der Waals surface area contributed by atoms with E-state index in [9.17, 15) is 18.0 Å². The third-order valence-electron chi connectivity index (χ3n) is 8.11. The number of fused-ring (bicyclic) bond motifs is 1. The van der Waals surface area contributed by atoms with Crippen LogP contribution < -0.4 is 14.4 Å². The summed E-state index contributed by atoms with van der Waals surface area (Å²) in [4.78, 5) is 20.1. The van der Waals surface area contributed by atoms with Crippen molar-refractivity contribution in [2.24, 2.45) is 0 Å². The van der Waals surface area contributed by atoms with Crippen LogP contribution in [0.3, 0.4) is 0 Å². The lowest BCUT2D eigenvalue weighted by Gasteiger charge is -2.32. The number of H-pyrrole nitrogens is 1. The lowest BCUT2D eigenvalue weighted by Crippen LogP contribution is -2.38. The summed E-state index contributed by atoms with van der Waals surface area (Å²) in [6.07, 6.45) is -3.55. The Morgan fingerprint density at radius 3 is 2.26 bits per heavy atom. The maximum Gasteiger partial charge on any atom is 0.393 e. The molecule has 4 aromatic rings. The molecule has 222 valence electrons. The van der Waals surface area contributed by atoms with Gasteiger partial charge in [0.15, 0.2) is 11.5 Å². The summed E-state index contributed by atoms with van der Waals surface area (Å²) < 4.78 is 52.1. The number of carbonyl (C=O) groups excluding carboxylic acids is 1. The number of alkyl halides is 3. The van der Waals surface area contributed by atoms with Gasteiger partial charge < -0.3 is 24.3 Å². The van der Waals surface area contributed by atoms with Gasteiger partial charge >= 0.3 is 6.18 Å². The largest absolute Gasteiger partial charge is 0.493 e. The fourth-order valence-electron chi connectivity index (χ4n) is 5.80. The zero-order valence-electron chi connectivity index (χ0n) is 24.3. The smallest absolute Gasteiger partial charge is 0.393 e. The van der Waals surface area contributed by atoms with Gasteiger partial charge in [-0.15, -0.1) is 0 Å².